The summed E-state index contributed by atoms with van der Waals surface area (Å²) in [4.78, 5) is 0. The molecule has 0 aliphatic rings. The van der Waals surface area contributed by atoms with Crippen molar-refractivity contribution in [3.63, 3.8) is 0 Å². The molecule has 0 fully saturated rings. The normalized spacial score (nSPS) is 11.7. The SMILES string of the molecule is CCOc1cc(F)ccc1-c1cc(NS(=O)(=O)CC)c2nnc(C)n2c1. The number of fused-ring (bicyclic) bond motifs is 1. The highest BCUT2D eigenvalue weighted by Gasteiger charge is 2.17. The van der Waals surface area contributed by atoms with Gasteiger partial charge in [-0.25, -0.2) is 12.8 Å². The van der Waals surface area contributed by atoms with E-state index in [2.05, 4.69) is 14.9 Å². The highest BCUT2D eigenvalue weighted by atomic mass is 32.2. The van der Waals surface area contributed by atoms with Crippen molar-refractivity contribution in [2.24, 2.45) is 0 Å². The fraction of sp³-hybridized carbons (Fsp3) is 0.294. The Bertz CT molecular complexity index is 1060. The van der Waals surface area contributed by atoms with Gasteiger partial charge in [-0.2, -0.15) is 0 Å². The van der Waals surface area contributed by atoms with Crippen LogP contribution in [0.3, 0.4) is 0 Å². The first kappa shape index (κ1) is 18.1. The van der Waals surface area contributed by atoms with Gasteiger partial charge in [0.1, 0.15) is 17.4 Å². The van der Waals surface area contributed by atoms with Crippen molar-refractivity contribution in [3.8, 4) is 16.9 Å². The fourth-order valence-corrected chi connectivity index (χ4v) is 3.21. The predicted octanol–water partition coefficient (Wildman–Crippen LogP) is 3.00. The lowest BCUT2D eigenvalue weighted by molar-refractivity contribution is 0.339. The minimum Gasteiger partial charge on any atom is -0.493 e. The van der Waals surface area contributed by atoms with Gasteiger partial charge in [-0.15, -0.1) is 10.2 Å². The maximum absolute atomic E-state index is 13.6. The average molecular weight is 378 g/mol. The summed E-state index contributed by atoms with van der Waals surface area (Å²) in [6.45, 7) is 5.49. The molecule has 138 valence electrons. The highest BCUT2D eigenvalue weighted by molar-refractivity contribution is 7.92. The van der Waals surface area contributed by atoms with E-state index in [-0.39, 0.29) is 5.75 Å². The summed E-state index contributed by atoms with van der Waals surface area (Å²) in [5.74, 6) is 0.489. The van der Waals surface area contributed by atoms with Crippen molar-refractivity contribution in [2.45, 2.75) is 20.8 Å². The van der Waals surface area contributed by atoms with Crippen LogP contribution in [0.25, 0.3) is 16.8 Å². The van der Waals surface area contributed by atoms with Crippen LogP contribution >= 0.6 is 0 Å². The molecule has 0 atom stereocenters. The number of aryl methyl sites for hydroxylation is 1. The van der Waals surface area contributed by atoms with Gasteiger partial charge < -0.3 is 4.74 Å². The second-order valence-electron chi connectivity index (χ2n) is 5.66. The van der Waals surface area contributed by atoms with Crippen LogP contribution in [0, 0.1) is 12.7 Å². The standard InChI is InChI=1S/C17H19FN4O3S/c1-4-25-16-9-13(18)6-7-14(16)12-8-15(21-26(23,24)5-2)17-20-19-11(3)22(17)10-12/h6-10,21H,4-5H2,1-3H3. The number of ether oxygens (including phenoxy) is 1. The summed E-state index contributed by atoms with van der Waals surface area (Å²) in [6, 6.07) is 5.88. The molecule has 0 aliphatic carbocycles. The van der Waals surface area contributed by atoms with Crippen LogP contribution in [0.2, 0.25) is 0 Å². The quantitative estimate of drug-likeness (QED) is 0.713. The van der Waals surface area contributed by atoms with Gasteiger partial charge in [0.05, 0.1) is 18.0 Å². The minimum absolute atomic E-state index is 0.0722. The summed E-state index contributed by atoms with van der Waals surface area (Å²) in [5, 5.41) is 8.05. The Labute approximate surface area is 150 Å². The van der Waals surface area contributed by atoms with Gasteiger partial charge in [0.15, 0.2) is 5.65 Å². The molecule has 3 aromatic rings. The van der Waals surface area contributed by atoms with Crippen LogP contribution in [0.15, 0.2) is 30.5 Å². The highest BCUT2D eigenvalue weighted by Crippen LogP contribution is 2.34. The third kappa shape index (κ3) is 3.48. The maximum Gasteiger partial charge on any atom is 0.232 e. The lowest BCUT2D eigenvalue weighted by Crippen LogP contribution is -2.15. The molecule has 0 radical (unpaired) electrons. The smallest absolute Gasteiger partial charge is 0.232 e. The number of nitrogens with one attached hydrogen (secondary N) is 1. The molecule has 26 heavy (non-hydrogen) atoms. The summed E-state index contributed by atoms with van der Waals surface area (Å²) in [5.41, 5.74) is 1.98. The number of anilines is 1. The molecule has 0 aliphatic heterocycles. The van der Waals surface area contributed by atoms with Gasteiger partial charge in [-0.1, -0.05) is 0 Å². The number of halogens is 1. The first-order valence-electron chi connectivity index (χ1n) is 8.13. The Morgan fingerprint density at radius 2 is 2.00 bits per heavy atom. The Kier molecular flexibility index (Phi) is 4.82. The Morgan fingerprint density at radius 3 is 2.69 bits per heavy atom. The van der Waals surface area contributed by atoms with E-state index < -0.39 is 15.8 Å². The molecule has 0 spiro atoms. The van der Waals surface area contributed by atoms with E-state index in [0.29, 0.717) is 40.6 Å². The number of hydrogen-bond donors (Lipinski definition) is 1. The van der Waals surface area contributed by atoms with Gasteiger partial charge in [0.2, 0.25) is 10.0 Å². The van der Waals surface area contributed by atoms with Gasteiger partial charge >= 0.3 is 0 Å². The van der Waals surface area contributed by atoms with E-state index >= 15 is 0 Å². The summed E-state index contributed by atoms with van der Waals surface area (Å²) >= 11 is 0. The Balaban J connectivity index is 2.23. The lowest BCUT2D eigenvalue weighted by Gasteiger charge is -2.14. The molecule has 0 amide bonds. The molecule has 1 N–H and O–H groups in total. The third-order valence-electron chi connectivity index (χ3n) is 3.88. The Hall–Kier alpha value is -2.68. The molecule has 0 saturated heterocycles. The van der Waals surface area contributed by atoms with Crippen LogP contribution in [0.1, 0.15) is 19.7 Å². The van der Waals surface area contributed by atoms with E-state index in [4.69, 9.17) is 4.74 Å². The Morgan fingerprint density at radius 1 is 1.23 bits per heavy atom. The van der Waals surface area contributed by atoms with E-state index in [9.17, 15) is 12.8 Å². The van der Waals surface area contributed by atoms with E-state index in [1.54, 1.807) is 36.6 Å². The van der Waals surface area contributed by atoms with Crippen molar-refractivity contribution < 1.29 is 17.5 Å². The first-order valence-corrected chi connectivity index (χ1v) is 9.78. The molecule has 3 rings (SSSR count). The van der Waals surface area contributed by atoms with Gasteiger partial charge in [-0.05, 0) is 39.0 Å². The number of benzene rings is 1. The largest absolute Gasteiger partial charge is 0.493 e. The summed E-state index contributed by atoms with van der Waals surface area (Å²) < 4.78 is 47.4. The molecule has 9 heteroatoms. The second kappa shape index (κ2) is 6.91. The minimum atomic E-state index is -3.50. The van der Waals surface area contributed by atoms with E-state index in [1.165, 1.54) is 12.1 Å². The van der Waals surface area contributed by atoms with Crippen LogP contribution in [-0.2, 0) is 10.0 Å². The van der Waals surface area contributed by atoms with Crippen molar-refractivity contribution in [1.82, 2.24) is 14.6 Å². The van der Waals surface area contributed by atoms with Crippen molar-refractivity contribution >= 4 is 21.4 Å². The summed E-state index contributed by atoms with van der Waals surface area (Å²) in [7, 11) is -3.50. The zero-order valence-electron chi connectivity index (χ0n) is 14.7. The van der Waals surface area contributed by atoms with E-state index in [1.807, 2.05) is 6.92 Å². The fourth-order valence-electron chi connectivity index (χ4n) is 2.58. The van der Waals surface area contributed by atoms with Crippen molar-refractivity contribution in [2.75, 3.05) is 17.1 Å². The molecule has 7 nitrogen and oxygen atoms in total. The molecule has 2 aromatic heterocycles. The van der Waals surface area contributed by atoms with Crippen LogP contribution in [0.4, 0.5) is 10.1 Å². The number of pyridine rings is 1. The van der Waals surface area contributed by atoms with Crippen molar-refractivity contribution in [3.05, 3.63) is 42.1 Å². The van der Waals surface area contributed by atoms with Gasteiger partial charge in [0.25, 0.3) is 0 Å². The third-order valence-corrected chi connectivity index (χ3v) is 5.17. The molecule has 0 bridgehead atoms. The lowest BCUT2D eigenvalue weighted by atomic mass is 10.1. The zero-order valence-corrected chi connectivity index (χ0v) is 15.5. The van der Waals surface area contributed by atoms with Gasteiger partial charge in [0, 0.05) is 23.4 Å². The maximum atomic E-state index is 13.6. The van der Waals surface area contributed by atoms with Crippen LogP contribution in [-0.4, -0.2) is 35.4 Å². The molecular weight excluding hydrogens is 359 g/mol. The van der Waals surface area contributed by atoms with Crippen molar-refractivity contribution in [1.29, 1.82) is 0 Å². The van der Waals surface area contributed by atoms with Crippen LogP contribution < -0.4 is 9.46 Å². The molecular formula is C17H19FN4O3S. The second-order valence-corrected chi connectivity index (χ2v) is 7.67. The number of aromatic nitrogens is 3. The number of nitrogens with zero attached hydrogens (tertiary/aromatic N) is 3. The van der Waals surface area contributed by atoms with E-state index in [0.717, 1.165) is 0 Å². The predicted molar refractivity (Wildman–Crippen MR) is 97.4 cm³/mol. The molecule has 0 saturated carbocycles. The van der Waals surface area contributed by atoms with Crippen LogP contribution in [0.5, 0.6) is 5.75 Å². The number of hydrogen-bond acceptors (Lipinski definition) is 5. The number of rotatable bonds is 6. The molecule has 2 heterocycles. The molecule has 0 unspecified atom stereocenters. The number of sulfonamides is 1. The summed E-state index contributed by atoms with van der Waals surface area (Å²) in [6.07, 6.45) is 1.77. The monoisotopic (exact) mass is 378 g/mol. The first-order chi connectivity index (χ1) is 12.3. The topological polar surface area (TPSA) is 85.6 Å². The zero-order chi connectivity index (χ0) is 18.9. The molecule has 1 aromatic carbocycles. The van der Waals surface area contributed by atoms with Gasteiger partial charge in [-0.3, -0.25) is 9.12 Å². The average Bonchev–Trinajstić information content (AvgIpc) is 2.97.